The molecule has 15 rings (SSSR count). The molecule has 33 heteroatoms. The number of piperidine rings is 3. The molecule has 24 nitrogen and oxygen atoms in total. The first-order chi connectivity index (χ1) is 48.2. The summed E-state index contributed by atoms with van der Waals surface area (Å²) in [7, 11) is 1.76. The molecule has 1 aliphatic carbocycles. The van der Waals surface area contributed by atoms with Gasteiger partial charge in [0, 0.05) is 110 Å². The van der Waals surface area contributed by atoms with Gasteiger partial charge in [0.2, 0.25) is 17.8 Å². The number of hydrogen-bond acceptors (Lipinski definition) is 23. The van der Waals surface area contributed by atoms with Crippen LogP contribution in [0, 0.1) is 27.7 Å². The van der Waals surface area contributed by atoms with Gasteiger partial charge < -0.3 is 40.9 Å². The van der Waals surface area contributed by atoms with Crippen molar-refractivity contribution in [2.24, 2.45) is 17.0 Å². The Kier molecular flexibility index (Phi) is 19.4. The van der Waals surface area contributed by atoms with Crippen LogP contribution in [0.15, 0.2) is 86.3 Å². The highest BCUT2D eigenvalue weighted by atomic mass is 19.4. The fourth-order valence-electron chi connectivity index (χ4n) is 13.1. The summed E-state index contributed by atoms with van der Waals surface area (Å²) in [5.41, 5.74) is 6.60. The topological polar surface area (TPSA) is 296 Å². The van der Waals surface area contributed by atoms with E-state index in [2.05, 4.69) is 128 Å². The van der Waals surface area contributed by atoms with Crippen LogP contribution in [0.5, 0.6) is 0 Å². The Bertz CT molecular complexity index is 4410. The fraction of sp³-hybridized carbons (Fsp3) is 0.426. The second-order valence-corrected chi connectivity index (χ2v) is 25.9. The smallest absolute Gasteiger partial charge is 0.361 e. The Balaban J connectivity index is 0.000000135. The Morgan fingerprint density at radius 2 is 0.871 bits per heavy atom. The quantitative estimate of drug-likeness (QED) is 0.0619. The van der Waals surface area contributed by atoms with Gasteiger partial charge in [-0.3, -0.25) is 15.0 Å². The maximum absolute atomic E-state index is 13.9. The molecule has 0 amide bonds. The number of halogens is 9. The molecule has 0 unspecified atom stereocenters. The van der Waals surface area contributed by atoms with Crippen LogP contribution in [0.25, 0.3) is 39.5 Å². The van der Waals surface area contributed by atoms with Gasteiger partial charge in [-0.1, -0.05) is 27.7 Å². The van der Waals surface area contributed by atoms with E-state index in [1.165, 1.54) is 0 Å². The standard InChI is InChI=1S/2C23H24F3N7O.C22H23F3N8/c2*1-11-4-5-14(8-27-11)30-22-29-9-16(23(24,25)26)21(32-22)20-15-6-7-17(31-18(15)10-28-20)19-12(2)33-34-13(19)3;1-12-3-4-13(9-26-12)29-21-27-10-16(22(23,24)25)20(31-21)15-6-7-17-14(15)5-8-18(30-17)19-11-28-32-33(19)2/h2*6-7,9,11,14,27H,4-5,8,10H2,1-3H3,(H,29,30,32);5-6,8,10-13,26H,3-4,7,9H2,1-2H3,(H,27,29,31)/t2*11-,14-;12-,13-/m101/s1. The van der Waals surface area contributed by atoms with E-state index in [0.717, 1.165) is 73.9 Å². The lowest BCUT2D eigenvalue weighted by molar-refractivity contribution is -0.139. The third-order valence-electron chi connectivity index (χ3n) is 18.5. The number of anilines is 3. The van der Waals surface area contributed by atoms with Crippen molar-refractivity contribution < 1.29 is 48.6 Å². The molecule has 14 heterocycles. The second kappa shape index (κ2) is 28.2. The van der Waals surface area contributed by atoms with Gasteiger partial charge in [0.25, 0.3) is 0 Å². The summed E-state index contributed by atoms with van der Waals surface area (Å²) >= 11 is 0. The number of aromatic nitrogens is 14. The van der Waals surface area contributed by atoms with E-state index < -0.39 is 35.2 Å². The van der Waals surface area contributed by atoms with Gasteiger partial charge in [-0.2, -0.15) is 39.5 Å². The fourth-order valence-corrected chi connectivity index (χ4v) is 13.1. The molecule has 5 aliphatic heterocycles. The molecule has 9 aromatic heterocycles. The van der Waals surface area contributed by atoms with Crippen molar-refractivity contribution in [3.05, 3.63) is 158 Å². The number of nitrogens with one attached hydrogen (secondary N) is 6. The van der Waals surface area contributed by atoms with E-state index in [1.807, 2.05) is 13.8 Å². The number of nitrogens with zero attached hydrogens (tertiary/aromatic N) is 16. The van der Waals surface area contributed by atoms with E-state index in [0.29, 0.717) is 124 Å². The van der Waals surface area contributed by atoms with Crippen LogP contribution in [-0.4, -0.2) is 137 Å². The predicted molar refractivity (Wildman–Crippen MR) is 356 cm³/mol. The third kappa shape index (κ3) is 15.1. The summed E-state index contributed by atoms with van der Waals surface area (Å²) in [6.45, 7) is 15.9. The first-order valence-electron chi connectivity index (χ1n) is 33.1. The Morgan fingerprint density at radius 3 is 1.25 bits per heavy atom. The molecule has 0 spiro atoms. The van der Waals surface area contributed by atoms with Crippen LogP contribution < -0.4 is 31.9 Å². The zero-order valence-corrected chi connectivity index (χ0v) is 56.2. The van der Waals surface area contributed by atoms with Crippen LogP contribution in [0.4, 0.5) is 57.4 Å². The Labute approximate surface area is 573 Å². The maximum atomic E-state index is 13.9. The van der Waals surface area contributed by atoms with E-state index >= 15 is 0 Å². The molecule has 6 atom stereocenters. The van der Waals surface area contributed by atoms with Crippen molar-refractivity contribution >= 4 is 34.8 Å². The van der Waals surface area contributed by atoms with Crippen LogP contribution in [0.3, 0.4) is 0 Å². The second-order valence-electron chi connectivity index (χ2n) is 25.9. The van der Waals surface area contributed by atoms with Crippen LogP contribution in [-0.2, 0) is 45.1 Å². The van der Waals surface area contributed by atoms with E-state index in [-0.39, 0.29) is 77.6 Å². The van der Waals surface area contributed by atoms with Gasteiger partial charge >= 0.3 is 18.5 Å². The molecule has 0 saturated carbocycles. The highest BCUT2D eigenvalue weighted by Crippen LogP contribution is 2.42. The minimum Gasteiger partial charge on any atom is -0.361 e. The number of fused-ring (bicyclic) bond motifs is 3. The van der Waals surface area contributed by atoms with Crippen molar-refractivity contribution in [3.8, 4) is 33.9 Å². The largest absolute Gasteiger partial charge is 0.420 e. The molecule has 528 valence electrons. The molecule has 101 heavy (non-hydrogen) atoms. The summed E-state index contributed by atoms with van der Waals surface area (Å²) in [6.07, 6.45) is -1.97. The molecule has 3 saturated heterocycles. The Morgan fingerprint density at radius 1 is 0.475 bits per heavy atom. The van der Waals surface area contributed by atoms with E-state index in [9.17, 15) is 39.5 Å². The number of allylic oxidation sites excluding steroid dienone is 1. The van der Waals surface area contributed by atoms with Crippen molar-refractivity contribution in [1.82, 2.24) is 86.1 Å². The highest BCUT2D eigenvalue weighted by Gasteiger charge is 2.41. The summed E-state index contributed by atoms with van der Waals surface area (Å²) in [4.78, 5) is 47.5. The molecule has 0 aromatic carbocycles. The van der Waals surface area contributed by atoms with Gasteiger partial charge in [0.1, 0.15) is 45.3 Å². The highest BCUT2D eigenvalue weighted by molar-refractivity contribution is 6.15. The molecule has 3 fully saturated rings. The van der Waals surface area contributed by atoms with Crippen molar-refractivity contribution in [1.29, 1.82) is 0 Å². The first-order valence-corrected chi connectivity index (χ1v) is 33.1. The lowest BCUT2D eigenvalue weighted by atomic mass is 10.0. The Hall–Kier alpha value is -10.0. The average Bonchev–Trinajstić information content (AvgIpc) is 1.69. The van der Waals surface area contributed by atoms with Gasteiger partial charge in [-0.05, 0) is 117 Å². The summed E-state index contributed by atoms with van der Waals surface area (Å²) in [5.74, 6) is 1.75. The number of aliphatic imine (C=N–C) groups is 2. The number of alkyl halides is 9. The van der Waals surface area contributed by atoms with Crippen molar-refractivity contribution in [2.75, 3.05) is 35.6 Å². The number of rotatable bonds is 12. The molecule has 0 radical (unpaired) electrons. The van der Waals surface area contributed by atoms with Gasteiger partial charge in [-0.25, -0.2) is 44.6 Å². The van der Waals surface area contributed by atoms with Gasteiger partial charge in [0.15, 0.2) is 0 Å². The SMILES string of the molecule is C[C@@H]1CC[C@@H](Nc2ncc(C(F)(F)F)c(C3=CCc4nc(-c5cnnn5C)ccc43)n2)CN1.Cc1noc(C)c1-c1ccc2c(n1)CN=C2c1nc(N[C@@H]2CC[C@@H](C)NC2)ncc1C(F)(F)F.Cc1noc(C)c1-c1ccc2c(n1)CN=C2c1nc(N[C@H]2CC[C@H](C)NC2)ncc1C(F)(F)F. The minimum absolute atomic E-state index is 0.0397. The zero-order valence-electron chi connectivity index (χ0n) is 56.2. The van der Waals surface area contributed by atoms with Crippen LogP contribution in [0.2, 0.25) is 0 Å². The molecule has 0 bridgehead atoms. The first kappa shape index (κ1) is 69.5. The van der Waals surface area contributed by atoms with E-state index in [4.69, 9.17) is 9.05 Å². The molecule has 6 aliphatic rings. The van der Waals surface area contributed by atoms with Crippen LogP contribution in [0.1, 0.15) is 150 Å². The monoisotopic (exact) mass is 1400 g/mol. The summed E-state index contributed by atoms with van der Waals surface area (Å²) in [5, 5.41) is 35.3. The van der Waals surface area contributed by atoms with E-state index in [1.54, 1.807) is 74.2 Å². The molecule has 9 aromatic rings. The summed E-state index contributed by atoms with van der Waals surface area (Å²) in [6, 6.07) is 11.9. The molecular formula is C68H71F9N22O2. The molecular weight excluding hydrogens is 1330 g/mol. The predicted octanol–water partition coefficient (Wildman–Crippen LogP) is 11.4. The van der Waals surface area contributed by atoms with Crippen molar-refractivity contribution in [3.63, 3.8) is 0 Å². The molecule has 6 N–H and O–H groups in total. The summed E-state index contributed by atoms with van der Waals surface area (Å²) < 4.78 is 137. The van der Waals surface area contributed by atoms with Crippen molar-refractivity contribution in [2.45, 2.75) is 161 Å². The number of pyridine rings is 3. The number of hydrogen-bond donors (Lipinski definition) is 6. The van der Waals surface area contributed by atoms with Gasteiger partial charge in [0.05, 0.1) is 93.1 Å². The minimum atomic E-state index is -4.62. The average molecular weight is 1400 g/mol. The normalized spacial score (nSPS) is 20.3. The third-order valence-corrected chi connectivity index (χ3v) is 18.5. The number of aryl methyl sites for hydroxylation is 5. The lowest BCUT2D eigenvalue weighted by Gasteiger charge is -2.28. The van der Waals surface area contributed by atoms with Crippen LogP contribution >= 0.6 is 0 Å². The van der Waals surface area contributed by atoms with Gasteiger partial charge in [-0.15, -0.1) is 5.10 Å². The maximum Gasteiger partial charge on any atom is 0.420 e. The lowest BCUT2D eigenvalue weighted by Crippen LogP contribution is -2.43. The zero-order chi connectivity index (χ0) is 71.2.